The minimum atomic E-state index is 0.487. The summed E-state index contributed by atoms with van der Waals surface area (Å²) in [4.78, 5) is 11.2. The molecular weight excluding hydrogens is 326 g/mol. The number of nitrogens with one attached hydrogen (secondary N) is 2. The largest absolute Gasteiger partial charge is 0.378 e. The van der Waals surface area contributed by atoms with E-state index in [9.17, 15) is 0 Å². The quantitative estimate of drug-likeness (QED) is 0.402. The van der Waals surface area contributed by atoms with E-state index >= 15 is 0 Å². The summed E-state index contributed by atoms with van der Waals surface area (Å²) in [6, 6.07) is 4.04. The number of aliphatic imine (C=N–C) groups is 1. The van der Waals surface area contributed by atoms with E-state index in [-0.39, 0.29) is 0 Å². The van der Waals surface area contributed by atoms with Crippen LogP contribution in [0.15, 0.2) is 23.3 Å². The van der Waals surface area contributed by atoms with E-state index < -0.39 is 0 Å². The molecule has 0 aliphatic heterocycles. The van der Waals surface area contributed by atoms with E-state index in [1.165, 1.54) is 32.1 Å². The molecule has 0 saturated heterocycles. The fraction of sp³-hybridized carbons (Fsp3) is 0.700. The van der Waals surface area contributed by atoms with Crippen molar-refractivity contribution in [2.24, 2.45) is 4.99 Å². The Kier molecular flexibility index (Phi) is 9.24. The monoisotopic (exact) mass is 361 g/mol. The maximum Gasteiger partial charge on any atom is 0.191 e. The summed E-state index contributed by atoms with van der Waals surface area (Å²) < 4.78 is 5.98. The van der Waals surface area contributed by atoms with Crippen molar-refractivity contribution in [2.45, 2.75) is 58.1 Å². The summed E-state index contributed by atoms with van der Waals surface area (Å²) in [5.74, 6) is 1.81. The Balaban J connectivity index is 1.75. The summed E-state index contributed by atoms with van der Waals surface area (Å²) in [6.45, 7) is 5.22. The zero-order valence-electron chi connectivity index (χ0n) is 16.6. The van der Waals surface area contributed by atoms with Crippen LogP contribution in [0, 0.1) is 0 Å². The number of hydrogen-bond acceptors (Lipinski definition) is 4. The Morgan fingerprint density at radius 2 is 2.08 bits per heavy atom. The Morgan fingerprint density at radius 3 is 2.81 bits per heavy atom. The number of hydrogen-bond donors (Lipinski definition) is 2. The lowest BCUT2D eigenvalue weighted by molar-refractivity contribution is 0.0277. The van der Waals surface area contributed by atoms with Crippen LogP contribution in [-0.4, -0.2) is 50.8 Å². The van der Waals surface area contributed by atoms with Gasteiger partial charge < -0.3 is 20.3 Å². The molecule has 0 spiro atoms. The number of rotatable bonds is 9. The Hall–Kier alpha value is -1.82. The molecule has 1 fully saturated rings. The highest BCUT2D eigenvalue weighted by Crippen LogP contribution is 2.20. The third kappa shape index (κ3) is 7.20. The van der Waals surface area contributed by atoms with Crippen LogP contribution in [0.1, 0.15) is 51.0 Å². The lowest BCUT2D eigenvalue weighted by atomic mass is 9.98. The van der Waals surface area contributed by atoms with E-state index in [1.54, 1.807) is 0 Å². The minimum Gasteiger partial charge on any atom is -0.378 e. The maximum absolute atomic E-state index is 5.98. The van der Waals surface area contributed by atoms with Crippen LogP contribution in [0.2, 0.25) is 0 Å². The molecule has 0 atom stereocenters. The smallest absolute Gasteiger partial charge is 0.191 e. The lowest BCUT2D eigenvalue weighted by Crippen LogP contribution is -2.38. The molecule has 1 aliphatic carbocycles. The molecule has 1 aromatic heterocycles. The average Bonchev–Trinajstić information content (AvgIpc) is 2.66. The van der Waals surface area contributed by atoms with E-state index in [2.05, 4.69) is 28.6 Å². The lowest BCUT2D eigenvalue weighted by Gasteiger charge is -2.22. The summed E-state index contributed by atoms with van der Waals surface area (Å²) >= 11 is 0. The first-order chi connectivity index (χ1) is 12.7. The van der Waals surface area contributed by atoms with Crippen LogP contribution < -0.4 is 15.5 Å². The van der Waals surface area contributed by atoms with Crippen molar-refractivity contribution in [3.8, 4) is 0 Å². The van der Waals surface area contributed by atoms with Gasteiger partial charge in [-0.1, -0.05) is 25.3 Å². The average molecular weight is 362 g/mol. The van der Waals surface area contributed by atoms with Crippen LogP contribution in [0.4, 0.5) is 5.82 Å². The zero-order valence-corrected chi connectivity index (χ0v) is 16.6. The van der Waals surface area contributed by atoms with Crippen LogP contribution in [0.25, 0.3) is 0 Å². The summed E-state index contributed by atoms with van der Waals surface area (Å²) in [7, 11) is 4.01. The van der Waals surface area contributed by atoms with Gasteiger partial charge in [0.2, 0.25) is 0 Å². The first kappa shape index (κ1) is 20.5. The van der Waals surface area contributed by atoms with Gasteiger partial charge in [0.1, 0.15) is 5.82 Å². The van der Waals surface area contributed by atoms with Gasteiger partial charge in [-0.15, -0.1) is 0 Å². The molecule has 1 aliphatic rings. The number of ether oxygens (including phenoxy) is 1. The molecule has 2 N–H and O–H groups in total. The van der Waals surface area contributed by atoms with Crippen molar-refractivity contribution in [3.05, 3.63) is 23.9 Å². The molecule has 0 amide bonds. The fourth-order valence-corrected chi connectivity index (χ4v) is 3.22. The Bertz CT molecular complexity index is 541. The molecule has 0 unspecified atom stereocenters. The number of guanidine groups is 1. The topological polar surface area (TPSA) is 61.8 Å². The van der Waals surface area contributed by atoms with Crippen LogP contribution in [-0.2, 0) is 11.3 Å². The number of anilines is 1. The second kappa shape index (κ2) is 11.7. The Labute approximate surface area is 158 Å². The molecule has 146 valence electrons. The number of pyridine rings is 1. The standard InChI is InChI=1S/C20H35N5O/c1-4-21-20(23-14-9-15-26-18-11-6-5-7-12-18)24-16-17-10-8-13-22-19(17)25(2)3/h8,10,13,18H,4-7,9,11-12,14-16H2,1-3H3,(H2,21,23,24). The van der Waals surface area contributed by atoms with Gasteiger partial charge in [-0.3, -0.25) is 0 Å². The van der Waals surface area contributed by atoms with E-state index in [4.69, 9.17) is 9.73 Å². The molecular formula is C20H35N5O. The number of aromatic nitrogens is 1. The number of nitrogens with zero attached hydrogens (tertiary/aromatic N) is 3. The predicted molar refractivity (Wildman–Crippen MR) is 109 cm³/mol. The maximum atomic E-state index is 5.98. The SMILES string of the molecule is CCNC(=NCc1cccnc1N(C)C)NCCCOC1CCCCC1. The van der Waals surface area contributed by atoms with Crippen molar-refractivity contribution in [1.29, 1.82) is 0 Å². The van der Waals surface area contributed by atoms with Gasteiger partial charge in [-0.05, 0) is 32.3 Å². The highest BCUT2D eigenvalue weighted by Gasteiger charge is 2.13. The van der Waals surface area contributed by atoms with Gasteiger partial charge in [-0.2, -0.15) is 0 Å². The van der Waals surface area contributed by atoms with Crippen molar-refractivity contribution in [2.75, 3.05) is 38.7 Å². The van der Waals surface area contributed by atoms with Crippen LogP contribution in [0.3, 0.4) is 0 Å². The summed E-state index contributed by atoms with van der Waals surface area (Å²) in [5.41, 5.74) is 1.12. The van der Waals surface area contributed by atoms with Gasteiger partial charge in [0.25, 0.3) is 0 Å². The molecule has 1 aromatic rings. The molecule has 26 heavy (non-hydrogen) atoms. The highest BCUT2D eigenvalue weighted by atomic mass is 16.5. The second-order valence-corrected chi connectivity index (χ2v) is 6.99. The molecule has 1 saturated carbocycles. The molecule has 0 aromatic carbocycles. The normalized spacial score (nSPS) is 15.7. The van der Waals surface area contributed by atoms with Crippen LogP contribution >= 0.6 is 0 Å². The molecule has 6 nitrogen and oxygen atoms in total. The molecule has 0 bridgehead atoms. The molecule has 1 heterocycles. The molecule has 0 radical (unpaired) electrons. The van der Waals surface area contributed by atoms with Gasteiger partial charge in [0, 0.05) is 45.6 Å². The first-order valence-electron chi connectivity index (χ1n) is 9.95. The second-order valence-electron chi connectivity index (χ2n) is 6.99. The van der Waals surface area contributed by atoms with Gasteiger partial charge >= 0.3 is 0 Å². The van der Waals surface area contributed by atoms with Gasteiger partial charge in [0.05, 0.1) is 12.6 Å². The fourth-order valence-electron chi connectivity index (χ4n) is 3.22. The van der Waals surface area contributed by atoms with Gasteiger partial charge in [0.15, 0.2) is 5.96 Å². The van der Waals surface area contributed by atoms with Crippen molar-refractivity contribution < 1.29 is 4.74 Å². The minimum absolute atomic E-state index is 0.487. The van der Waals surface area contributed by atoms with Crippen LogP contribution in [0.5, 0.6) is 0 Å². The van der Waals surface area contributed by atoms with E-state index in [1.807, 2.05) is 31.3 Å². The van der Waals surface area contributed by atoms with Crippen molar-refractivity contribution >= 4 is 11.8 Å². The Morgan fingerprint density at radius 1 is 1.27 bits per heavy atom. The third-order valence-electron chi connectivity index (χ3n) is 4.56. The highest BCUT2D eigenvalue weighted by molar-refractivity contribution is 5.79. The van der Waals surface area contributed by atoms with Crippen molar-refractivity contribution in [3.63, 3.8) is 0 Å². The summed E-state index contributed by atoms with van der Waals surface area (Å²) in [5, 5.41) is 6.71. The van der Waals surface area contributed by atoms with E-state index in [0.29, 0.717) is 12.6 Å². The predicted octanol–water partition coefficient (Wildman–Crippen LogP) is 2.94. The molecule has 6 heteroatoms. The van der Waals surface area contributed by atoms with Crippen molar-refractivity contribution in [1.82, 2.24) is 15.6 Å². The van der Waals surface area contributed by atoms with E-state index in [0.717, 1.165) is 43.5 Å². The third-order valence-corrected chi connectivity index (χ3v) is 4.56. The zero-order chi connectivity index (χ0) is 18.6. The first-order valence-corrected chi connectivity index (χ1v) is 9.95. The van der Waals surface area contributed by atoms with Gasteiger partial charge in [-0.25, -0.2) is 9.98 Å². The molecule has 2 rings (SSSR count). The summed E-state index contributed by atoms with van der Waals surface area (Å²) in [6.07, 6.45) is 9.78.